The number of nitrogens with two attached hydrogens (primary N) is 1. The van der Waals surface area contributed by atoms with Crippen molar-refractivity contribution in [3.63, 3.8) is 0 Å². The molecule has 0 saturated carbocycles. The van der Waals surface area contributed by atoms with Crippen LogP contribution in [0.4, 0.5) is 0 Å². The van der Waals surface area contributed by atoms with Crippen molar-refractivity contribution in [2.45, 2.75) is 0 Å². The second kappa shape index (κ2) is 2660. The molecule has 0 spiro atoms. The zero-order chi connectivity index (χ0) is 10.7. The van der Waals surface area contributed by atoms with Gasteiger partial charge in [-0.05, 0) is 26.9 Å². The summed E-state index contributed by atoms with van der Waals surface area (Å²) < 4.78 is 0. The van der Waals surface area contributed by atoms with Gasteiger partial charge in [-0.1, -0.05) is 12.2 Å². The van der Waals surface area contributed by atoms with Crippen molar-refractivity contribution >= 4 is 44.6 Å². The summed E-state index contributed by atoms with van der Waals surface area (Å²) in [6.45, 7) is 10.0. The quantitative estimate of drug-likeness (QED) is 0.279. The Labute approximate surface area is 72.7 Å². The van der Waals surface area contributed by atoms with Crippen LogP contribution in [0.2, 0.25) is 0 Å². The summed E-state index contributed by atoms with van der Waals surface area (Å²) in [4.78, 5) is 0. The summed E-state index contributed by atoms with van der Waals surface area (Å²) >= 11 is 4.05. The molecule has 0 bridgehead atoms. The number of rotatable bonds is 0. The average molecular weight is 177 g/mol. The van der Waals surface area contributed by atoms with Gasteiger partial charge in [-0.25, -0.2) is 0 Å². The molecule has 6 N–H and O–H groups in total. The highest BCUT2D eigenvalue weighted by atomic mass is 32.1. The van der Waals surface area contributed by atoms with Gasteiger partial charge in [-0.3, -0.25) is 0 Å². The van der Waals surface area contributed by atoms with Crippen LogP contribution in [0, 0.1) is 21.6 Å². The molecule has 0 radical (unpaired) electrons. The molecule has 0 aromatic heterocycles. The summed E-state index contributed by atoms with van der Waals surface area (Å²) in [6, 6.07) is 0. The average Bonchev–Trinajstić information content (AvgIpc) is 2.18. The van der Waals surface area contributed by atoms with Crippen molar-refractivity contribution in [3.8, 4) is 0 Å². The van der Waals surface area contributed by atoms with E-state index in [0.717, 1.165) is 5.49 Å². The van der Waals surface area contributed by atoms with Gasteiger partial charge in [-0.2, -0.15) is 0 Å². The van der Waals surface area contributed by atoms with Gasteiger partial charge in [0, 0.05) is 0 Å². The zero-order valence-electron chi connectivity index (χ0n) is 6.39. The Morgan fingerprint density at radius 2 is 0.818 bits per heavy atom. The number of hydrogen-bond acceptors (Lipinski definition) is 5. The van der Waals surface area contributed by atoms with E-state index in [1.807, 2.05) is 0 Å². The van der Waals surface area contributed by atoms with Crippen LogP contribution in [0.25, 0.3) is 0 Å². The molecular formula is C5H15N5S. The highest BCUT2D eigenvalue weighted by molar-refractivity contribution is 7.78. The number of hydrogen-bond donors (Lipinski definition) is 5. The SMILES string of the molecule is C=N.C=N.C=N.C=N.NC=S. The van der Waals surface area contributed by atoms with Crippen molar-refractivity contribution < 1.29 is 0 Å². The van der Waals surface area contributed by atoms with Gasteiger partial charge in [-0.15, -0.1) is 0 Å². The molecule has 0 atom stereocenters. The van der Waals surface area contributed by atoms with Crippen LogP contribution in [0.3, 0.4) is 0 Å². The maximum absolute atomic E-state index is 5.50. The van der Waals surface area contributed by atoms with E-state index in [4.69, 9.17) is 21.6 Å². The first-order chi connectivity index (χ1) is 5.41. The maximum Gasteiger partial charge on any atom is 0.0588 e. The van der Waals surface area contributed by atoms with Crippen LogP contribution < -0.4 is 5.73 Å². The molecule has 5 nitrogen and oxygen atoms in total. The normalized spacial score (nSPS) is 2.55. The Morgan fingerprint density at radius 3 is 0.818 bits per heavy atom. The van der Waals surface area contributed by atoms with Crippen molar-refractivity contribution in [3.05, 3.63) is 0 Å². The molecule has 0 aliphatic heterocycles. The third-order valence-electron chi connectivity index (χ3n) is 0. The minimum atomic E-state index is 1.08. The highest BCUT2D eigenvalue weighted by Gasteiger charge is 1.13. The maximum atomic E-state index is 5.50. The molecule has 0 saturated heterocycles. The van der Waals surface area contributed by atoms with Crippen LogP contribution in [-0.2, 0) is 0 Å². The lowest BCUT2D eigenvalue weighted by atomic mass is 11.6. The smallest absolute Gasteiger partial charge is 0.0588 e. The highest BCUT2D eigenvalue weighted by Crippen LogP contribution is 1.16. The lowest BCUT2D eigenvalue weighted by molar-refractivity contribution is 1.61. The minimum Gasteiger partial charge on any atom is -0.396 e. The summed E-state index contributed by atoms with van der Waals surface area (Å²) in [5.41, 5.74) is 5.62. The van der Waals surface area contributed by atoms with Gasteiger partial charge in [0.2, 0.25) is 0 Å². The molecule has 0 aliphatic carbocycles. The van der Waals surface area contributed by atoms with Gasteiger partial charge in [0.05, 0.1) is 5.49 Å². The van der Waals surface area contributed by atoms with Crippen molar-refractivity contribution in [1.82, 2.24) is 0 Å². The van der Waals surface area contributed by atoms with Crippen LogP contribution >= 0.6 is 12.2 Å². The molecule has 0 aromatic rings. The largest absolute Gasteiger partial charge is 0.396 e. The summed E-state index contributed by atoms with van der Waals surface area (Å²) in [6.07, 6.45) is 0. The number of thiocarbonyl (C=S) groups is 1. The van der Waals surface area contributed by atoms with Crippen LogP contribution in [0.15, 0.2) is 0 Å². The minimum absolute atomic E-state index is 1.08. The summed E-state index contributed by atoms with van der Waals surface area (Å²) in [5.74, 6) is 0. The van der Waals surface area contributed by atoms with E-state index in [-0.39, 0.29) is 0 Å². The molecule has 66 valence electrons. The number of nitrogens with one attached hydrogen (secondary N) is 4. The van der Waals surface area contributed by atoms with Gasteiger partial charge >= 0.3 is 0 Å². The summed E-state index contributed by atoms with van der Waals surface area (Å²) in [5, 5.41) is 22.0. The molecule has 6 heteroatoms. The van der Waals surface area contributed by atoms with Crippen LogP contribution in [0.5, 0.6) is 0 Å². The van der Waals surface area contributed by atoms with Gasteiger partial charge in [0.25, 0.3) is 0 Å². The molecule has 0 rings (SSSR count). The second-order valence-corrected chi connectivity index (χ2v) is 0.408. The molecule has 0 amide bonds. The van der Waals surface area contributed by atoms with Gasteiger partial charge in [0.15, 0.2) is 0 Å². The molecule has 0 fully saturated rings. The van der Waals surface area contributed by atoms with Gasteiger partial charge < -0.3 is 27.4 Å². The second-order valence-electron chi connectivity index (χ2n) is 0.136. The standard InChI is InChI=1S/CH3NS.4CH3N/c2-1-3;4*1-2/h1H,(H2,2,3);4*2H,1H2. The van der Waals surface area contributed by atoms with E-state index in [2.05, 4.69) is 44.8 Å². The predicted molar refractivity (Wildman–Crippen MR) is 57.2 cm³/mol. The van der Waals surface area contributed by atoms with E-state index >= 15 is 0 Å². The monoisotopic (exact) mass is 177 g/mol. The lowest BCUT2D eigenvalue weighted by Gasteiger charge is -1.36. The first kappa shape index (κ1) is 33.7. The van der Waals surface area contributed by atoms with Crippen molar-refractivity contribution in [2.75, 3.05) is 0 Å². The Morgan fingerprint density at radius 1 is 0.818 bits per heavy atom. The van der Waals surface area contributed by atoms with Gasteiger partial charge in [0.1, 0.15) is 0 Å². The van der Waals surface area contributed by atoms with Crippen molar-refractivity contribution in [2.24, 2.45) is 5.73 Å². The Kier molecular flexibility index (Phi) is 8130. The molecule has 0 unspecified atom stereocenters. The van der Waals surface area contributed by atoms with E-state index in [1.165, 1.54) is 0 Å². The molecular weight excluding hydrogens is 162 g/mol. The van der Waals surface area contributed by atoms with E-state index in [1.54, 1.807) is 0 Å². The third-order valence-corrected chi connectivity index (χ3v) is 0. The van der Waals surface area contributed by atoms with Crippen LogP contribution in [-0.4, -0.2) is 32.4 Å². The molecule has 11 heavy (non-hydrogen) atoms. The topological polar surface area (TPSA) is 121 Å². The predicted octanol–water partition coefficient (Wildman–Crippen LogP) is 0.965. The Bertz CT molecular complexity index is 44.1. The lowest BCUT2D eigenvalue weighted by Crippen LogP contribution is -1.79. The fraction of sp³-hybridized carbons (Fsp3) is 0. The van der Waals surface area contributed by atoms with Crippen LogP contribution in [0.1, 0.15) is 0 Å². The fourth-order valence-electron chi connectivity index (χ4n) is 0. The van der Waals surface area contributed by atoms with E-state index < -0.39 is 0 Å². The molecule has 0 heterocycles. The van der Waals surface area contributed by atoms with E-state index in [9.17, 15) is 0 Å². The Hall–Kier alpha value is -1.43. The summed E-state index contributed by atoms with van der Waals surface area (Å²) in [7, 11) is 0. The molecule has 0 aromatic carbocycles. The zero-order valence-corrected chi connectivity index (χ0v) is 7.21. The molecule has 0 aliphatic rings. The van der Waals surface area contributed by atoms with Crippen molar-refractivity contribution in [1.29, 1.82) is 21.6 Å². The Balaban J connectivity index is -0.0000000139. The van der Waals surface area contributed by atoms with E-state index in [0.29, 0.717) is 0 Å². The first-order valence-corrected chi connectivity index (χ1v) is 2.45. The first-order valence-electron chi connectivity index (χ1n) is 1.98. The fourth-order valence-corrected chi connectivity index (χ4v) is 0. The third kappa shape index (κ3) is 181.